The van der Waals surface area contributed by atoms with Crippen LogP contribution in [0.1, 0.15) is 5.56 Å². The molecule has 17 heavy (non-hydrogen) atoms. The summed E-state index contributed by atoms with van der Waals surface area (Å²) in [5.74, 6) is 0. The van der Waals surface area contributed by atoms with Gasteiger partial charge in [0.05, 0.1) is 23.6 Å². The molecule has 3 aromatic rings. The first-order valence-electron chi connectivity index (χ1n) is 5.42. The molecule has 3 nitrogen and oxygen atoms in total. The number of fused-ring (bicyclic) bond motifs is 1. The second-order valence-electron chi connectivity index (χ2n) is 3.89. The Morgan fingerprint density at radius 2 is 2.00 bits per heavy atom. The van der Waals surface area contributed by atoms with Gasteiger partial charge in [-0.05, 0) is 11.6 Å². The Hall–Kier alpha value is -1.94. The van der Waals surface area contributed by atoms with Crippen LogP contribution in [0, 0.1) is 4.64 Å². The summed E-state index contributed by atoms with van der Waals surface area (Å²) >= 11 is 5.22. The first-order valence-corrected chi connectivity index (χ1v) is 5.82. The second kappa shape index (κ2) is 4.14. The van der Waals surface area contributed by atoms with Crippen LogP contribution in [0.15, 0.2) is 48.8 Å². The molecule has 0 spiro atoms. The lowest BCUT2D eigenvalue weighted by Gasteiger charge is -2.03. The summed E-state index contributed by atoms with van der Waals surface area (Å²) in [5, 5.41) is 5.38. The molecular weight excluding hydrogens is 230 g/mol. The van der Waals surface area contributed by atoms with E-state index in [1.807, 2.05) is 41.3 Å². The van der Waals surface area contributed by atoms with Crippen molar-refractivity contribution in [1.29, 1.82) is 0 Å². The van der Waals surface area contributed by atoms with Crippen molar-refractivity contribution < 1.29 is 0 Å². The SMILES string of the molecule is S=c1[nH]ccc2c1cnn2Cc1ccccc1. The smallest absolute Gasteiger partial charge is 0.114 e. The molecule has 0 saturated heterocycles. The predicted molar refractivity (Wildman–Crippen MR) is 70.5 cm³/mol. The molecule has 0 atom stereocenters. The Morgan fingerprint density at radius 3 is 2.82 bits per heavy atom. The molecule has 3 rings (SSSR count). The zero-order chi connectivity index (χ0) is 11.7. The molecule has 0 radical (unpaired) electrons. The number of rotatable bonds is 2. The van der Waals surface area contributed by atoms with Crippen molar-refractivity contribution in [2.24, 2.45) is 0 Å². The van der Waals surface area contributed by atoms with E-state index in [0.29, 0.717) is 0 Å². The average Bonchev–Trinajstić information content (AvgIpc) is 2.76. The molecule has 2 aromatic heterocycles. The number of pyridine rings is 1. The number of hydrogen-bond donors (Lipinski definition) is 1. The van der Waals surface area contributed by atoms with Crippen molar-refractivity contribution in [3.63, 3.8) is 0 Å². The lowest BCUT2D eigenvalue weighted by Crippen LogP contribution is -2.00. The number of aromatic nitrogens is 3. The zero-order valence-electron chi connectivity index (χ0n) is 9.13. The van der Waals surface area contributed by atoms with E-state index in [1.54, 1.807) is 0 Å². The van der Waals surface area contributed by atoms with Gasteiger partial charge in [-0.15, -0.1) is 0 Å². The summed E-state index contributed by atoms with van der Waals surface area (Å²) in [4.78, 5) is 3.01. The normalized spacial score (nSPS) is 10.8. The molecule has 1 aromatic carbocycles. The first kappa shape index (κ1) is 10.2. The second-order valence-corrected chi connectivity index (χ2v) is 4.30. The quantitative estimate of drug-likeness (QED) is 0.699. The van der Waals surface area contributed by atoms with Crippen LogP contribution in [0.4, 0.5) is 0 Å². The van der Waals surface area contributed by atoms with Crippen molar-refractivity contribution in [2.45, 2.75) is 6.54 Å². The van der Waals surface area contributed by atoms with E-state index in [0.717, 1.165) is 22.1 Å². The topological polar surface area (TPSA) is 33.6 Å². The molecular formula is C13H11N3S. The van der Waals surface area contributed by atoms with Crippen LogP contribution in [0.25, 0.3) is 10.9 Å². The Balaban J connectivity index is 2.08. The highest BCUT2D eigenvalue weighted by atomic mass is 32.1. The van der Waals surface area contributed by atoms with Crippen LogP contribution in [-0.2, 0) is 6.54 Å². The van der Waals surface area contributed by atoms with Gasteiger partial charge in [-0.1, -0.05) is 42.5 Å². The van der Waals surface area contributed by atoms with E-state index >= 15 is 0 Å². The molecule has 0 aliphatic rings. The Labute approximate surface area is 104 Å². The Morgan fingerprint density at radius 1 is 1.18 bits per heavy atom. The predicted octanol–water partition coefficient (Wildman–Crippen LogP) is 3.14. The highest BCUT2D eigenvalue weighted by Crippen LogP contribution is 2.14. The molecule has 84 valence electrons. The summed E-state index contributed by atoms with van der Waals surface area (Å²) < 4.78 is 2.70. The van der Waals surface area contributed by atoms with Crippen LogP contribution in [0.2, 0.25) is 0 Å². The summed E-state index contributed by atoms with van der Waals surface area (Å²) in [6.45, 7) is 0.767. The van der Waals surface area contributed by atoms with E-state index in [2.05, 4.69) is 22.2 Å². The number of H-pyrrole nitrogens is 1. The first-order chi connectivity index (χ1) is 8.34. The molecule has 2 heterocycles. The van der Waals surface area contributed by atoms with Crippen molar-refractivity contribution >= 4 is 23.1 Å². The molecule has 0 fully saturated rings. The summed E-state index contributed by atoms with van der Waals surface area (Å²) in [6.07, 6.45) is 3.67. The van der Waals surface area contributed by atoms with Gasteiger partial charge >= 0.3 is 0 Å². The molecule has 4 heteroatoms. The molecule has 1 N–H and O–H groups in total. The van der Waals surface area contributed by atoms with Crippen LogP contribution in [-0.4, -0.2) is 14.8 Å². The highest BCUT2D eigenvalue weighted by molar-refractivity contribution is 7.71. The van der Waals surface area contributed by atoms with E-state index in [1.165, 1.54) is 5.56 Å². The fraction of sp³-hybridized carbons (Fsp3) is 0.0769. The third-order valence-electron chi connectivity index (χ3n) is 2.76. The molecule has 0 amide bonds. The van der Waals surface area contributed by atoms with Gasteiger partial charge in [-0.2, -0.15) is 5.10 Å². The standard InChI is InChI=1S/C13H11N3S/c17-13-11-8-15-16(12(11)6-7-14-13)9-10-4-2-1-3-5-10/h1-8H,9H2,(H,14,17). The van der Waals surface area contributed by atoms with Crippen molar-refractivity contribution in [1.82, 2.24) is 14.8 Å². The molecule has 0 unspecified atom stereocenters. The largest absolute Gasteiger partial charge is 0.352 e. The number of hydrogen-bond acceptors (Lipinski definition) is 2. The number of nitrogens with one attached hydrogen (secondary N) is 1. The minimum Gasteiger partial charge on any atom is -0.352 e. The minimum absolute atomic E-state index is 0.738. The van der Waals surface area contributed by atoms with Crippen molar-refractivity contribution in [3.8, 4) is 0 Å². The van der Waals surface area contributed by atoms with Gasteiger partial charge in [-0.3, -0.25) is 4.68 Å². The summed E-state index contributed by atoms with van der Waals surface area (Å²) in [5.41, 5.74) is 2.30. The highest BCUT2D eigenvalue weighted by Gasteiger charge is 2.03. The summed E-state index contributed by atoms with van der Waals surface area (Å²) in [6, 6.07) is 12.3. The third-order valence-corrected chi connectivity index (χ3v) is 3.09. The average molecular weight is 241 g/mol. The van der Waals surface area contributed by atoms with Gasteiger partial charge in [0.15, 0.2) is 0 Å². The van der Waals surface area contributed by atoms with Gasteiger partial charge in [-0.25, -0.2) is 0 Å². The Kier molecular flexibility index (Phi) is 2.49. The molecule has 0 aliphatic carbocycles. The number of nitrogens with zero attached hydrogens (tertiary/aromatic N) is 2. The van der Waals surface area contributed by atoms with Gasteiger partial charge < -0.3 is 4.98 Å². The van der Waals surface area contributed by atoms with E-state index < -0.39 is 0 Å². The van der Waals surface area contributed by atoms with Crippen LogP contribution >= 0.6 is 12.2 Å². The van der Waals surface area contributed by atoms with Crippen LogP contribution < -0.4 is 0 Å². The van der Waals surface area contributed by atoms with Gasteiger partial charge in [0.2, 0.25) is 0 Å². The number of benzene rings is 1. The van der Waals surface area contributed by atoms with Crippen LogP contribution in [0.5, 0.6) is 0 Å². The van der Waals surface area contributed by atoms with E-state index in [4.69, 9.17) is 12.2 Å². The van der Waals surface area contributed by atoms with Crippen molar-refractivity contribution in [2.75, 3.05) is 0 Å². The molecule has 0 aliphatic heterocycles. The lowest BCUT2D eigenvalue weighted by molar-refractivity contribution is 0.712. The van der Waals surface area contributed by atoms with Crippen LogP contribution in [0.3, 0.4) is 0 Å². The van der Waals surface area contributed by atoms with Gasteiger partial charge in [0, 0.05) is 6.20 Å². The Bertz CT molecular complexity index is 697. The fourth-order valence-electron chi connectivity index (χ4n) is 1.90. The molecule has 0 saturated carbocycles. The van der Waals surface area contributed by atoms with E-state index in [-0.39, 0.29) is 0 Å². The maximum absolute atomic E-state index is 5.22. The minimum atomic E-state index is 0.738. The number of aromatic amines is 1. The van der Waals surface area contributed by atoms with Crippen molar-refractivity contribution in [3.05, 3.63) is 59.0 Å². The van der Waals surface area contributed by atoms with E-state index in [9.17, 15) is 0 Å². The summed E-state index contributed by atoms with van der Waals surface area (Å²) in [7, 11) is 0. The maximum Gasteiger partial charge on any atom is 0.114 e. The third kappa shape index (κ3) is 1.87. The zero-order valence-corrected chi connectivity index (χ0v) is 9.95. The lowest BCUT2D eigenvalue weighted by atomic mass is 10.2. The van der Waals surface area contributed by atoms with Gasteiger partial charge in [0.1, 0.15) is 4.64 Å². The van der Waals surface area contributed by atoms with Gasteiger partial charge in [0.25, 0.3) is 0 Å². The monoisotopic (exact) mass is 241 g/mol. The molecule has 0 bridgehead atoms. The fourth-order valence-corrected chi connectivity index (χ4v) is 2.13. The maximum atomic E-state index is 5.22.